The molecule has 0 fully saturated rings. The fraction of sp³-hybridized carbons (Fsp3) is 0.133. The van der Waals surface area contributed by atoms with Crippen LogP contribution in [0.1, 0.15) is 30.0 Å². The van der Waals surface area contributed by atoms with Gasteiger partial charge in [0.1, 0.15) is 64.2 Å². The largest absolute Gasteiger partial charge is 0.493 e. The Bertz CT molecular complexity index is 7410. The average Bonchev–Trinajstić information content (AvgIpc) is 1.63. The number of benzene rings is 8. The van der Waals surface area contributed by atoms with Gasteiger partial charge in [-0.2, -0.15) is 38.0 Å². The second-order valence-electron chi connectivity index (χ2n) is 29.2. The van der Waals surface area contributed by atoms with Crippen LogP contribution < -0.4 is 97.2 Å². The van der Waals surface area contributed by atoms with Crippen molar-refractivity contribution in [2.24, 2.45) is 0 Å². The Morgan fingerprint density at radius 2 is 0.450 bits per heavy atom. The number of aliphatic carboxylic acids is 1. The molecule has 0 aliphatic rings. The highest BCUT2D eigenvalue weighted by Gasteiger charge is 2.26. The minimum atomic E-state index is -0.833. The molecule has 0 amide bonds. The molecule has 0 aliphatic carbocycles. The van der Waals surface area contributed by atoms with Crippen LogP contribution in [0.3, 0.4) is 0 Å². The van der Waals surface area contributed by atoms with Crippen molar-refractivity contribution < 1.29 is 84.4 Å². The lowest BCUT2D eigenvalue weighted by Crippen LogP contribution is -2.23. The number of carboxylic acids is 1. The molecule has 8 aromatic carbocycles. The SMILES string of the molecule is CC(=O)O.COc1cc(-c2nc3s/c(=C\c4ccc(-c5ccc(Cl)cc5)o4)c(=O)n3n2)cc(OC)c1OC.COc1cc(-c2nc3s/c(=C\c4ccc(-c5ccc(Cl)cc5)o4)c(=O)n3n2)cc(OC)c1OC.COc1cc(-c2nc3s/c(=C\c4ccc(-c5ccc(Cl)cc5)o4)c(=O)n3n2)cc(OC)c1OC.COc1cc(-c2nc3s/c(=C\c4ccc(-c5ccc(Cl)cc5)o4)c(=O)n3n2)cc(OC)c1OC. The van der Waals surface area contributed by atoms with Gasteiger partial charge in [0.25, 0.3) is 28.2 Å². The van der Waals surface area contributed by atoms with Gasteiger partial charge in [-0.3, -0.25) is 24.0 Å². The zero-order valence-electron chi connectivity index (χ0n) is 75.8. The molecule has 0 saturated carbocycles. The summed E-state index contributed by atoms with van der Waals surface area (Å²) in [6.45, 7) is 1.08. The first-order valence-electron chi connectivity index (χ1n) is 41.2. The summed E-state index contributed by atoms with van der Waals surface area (Å²) in [6, 6.07) is 57.8. The van der Waals surface area contributed by atoms with E-state index in [1.807, 2.05) is 72.8 Å². The second-order valence-corrected chi connectivity index (χ2v) is 35.0. The molecule has 0 atom stereocenters. The minimum absolute atomic E-state index is 0.282. The maximum Gasteiger partial charge on any atom is 0.300 e. The van der Waals surface area contributed by atoms with Gasteiger partial charge in [0.2, 0.25) is 42.8 Å². The molecular weight excluding hydrogens is 1970 g/mol. The fourth-order valence-corrected chi connectivity index (χ4v) is 18.0. The lowest BCUT2D eigenvalue weighted by atomic mass is 10.1. The molecule has 0 aliphatic heterocycles. The molecule has 20 aromatic rings. The maximum absolute atomic E-state index is 13.0. The Balaban J connectivity index is 0.000000133. The van der Waals surface area contributed by atoms with Crippen LogP contribution in [0, 0.1) is 0 Å². The molecule has 1 N–H and O–H groups in total. The highest BCUT2D eigenvalue weighted by atomic mass is 35.5. The number of aromatic nitrogens is 12. The highest BCUT2D eigenvalue weighted by molar-refractivity contribution is 7.16. The molecular formula is C98H76Cl4N12O22S4. The number of fused-ring (bicyclic) bond motifs is 4. The number of halogens is 4. The van der Waals surface area contributed by atoms with E-state index in [-0.39, 0.29) is 22.2 Å². The first-order valence-corrected chi connectivity index (χ1v) is 46.0. The smallest absolute Gasteiger partial charge is 0.300 e. The molecule has 12 heterocycles. The van der Waals surface area contributed by atoms with Crippen LogP contribution in [-0.4, -0.2) is 155 Å². The Kier molecular flexibility index (Phi) is 29.8. The zero-order valence-corrected chi connectivity index (χ0v) is 82.1. The van der Waals surface area contributed by atoms with Crippen LogP contribution >= 0.6 is 91.8 Å². The average molecular weight is 2040 g/mol. The molecule has 0 bridgehead atoms. The van der Waals surface area contributed by atoms with E-state index in [0.717, 1.165) is 29.2 Å². The van der Waals surface area contributed by atoms with Crippen LogP contribution in [0.4, 0.5) is 0 Å². The third-order valence-corrected chi connectivity index (χ3v) is 25.4. The summed E-state index contributed by atoms with van der Waals surface area (Å²) >= 11 is 28.7. The number of thiazole rings is 4. The number of hydrogen-bond acceptors (Lipinski definition) is 33. The van der Waals surface area contributed by atoms with Gasteiger partial charge < -0.3 is 79.6 Å². The lowest BCUT2D eigenvalue weighted by molar-refractivity contribution is -0.134. The summed E-state index contributed by atoms with van der Waals surface area (Å²) in [5.41, 5.74) is 4.98. The molecule has 12 aromatic heterocycles. The highest BCUT2D eigenvalue weighted by Crippen LogP contribution is 2.45. The monoisotopic (exact) mass is 2040 g/mol. The van der Waals surface area contributed by atoms with Gasteiger partial charge in [0.15, 0.2) is 69.3 Å². The third kappa shape index (κ3) is 21.0. The second kappa shape index (κ2) is 42.8. The molecule has 0 spiro atoms. The van der Waals surface area contributed by atoms with E-state index in [0.29, 0.717) is 219 Å². The topological polar surface area (TPSA) is 390 Å². The van der Waals surface area contributed by atoms with Gasteiger partial charge in [-0.1, -0.05) is 91.8 Å². The van der Waals surface area contributed by atoms with E-state index in [4.69, 9.17) is 131 Å². The molecule has 42 heteroatoms. The number of carboxylic acid groups (broad SMARTS) is 1. The van der Waals surface area contributed by atoms with Gasteiger partial charge >= 0.3 is 0 Å². The maximum atomic E-state index is 13.0. The van der Waals surface area contributed by atoms with Gasteiger partial charge in [0.05, 0.1) is 85.3 Å². The Morgan fingerprint density at radius 1 is 0.279 bits per heavy atom. The number of furan rings is 4. The molecule has 712 valence electrons. The Hall–Kier alpha value is -15.8. The molecule has 34 nitrogen and oxygen atoms in total. The summed E-state index contributed by atoms with van der Waals surface area (Å²) in [6.07, 6.45) is 6.73. The normalized spacial score (nSPS) is 11.7. The van der Waals surface area contributed by atoms with Crippen LogP contribution in [0.2, 0.25) is 20.1 Å². The van der Waals surface area contributed by atoms with E-state index in [2.05, 4.69) is 40.3 Å². The van der Waals surface area contributed by atoms with Crippen molar-refractivity contribution in [1.82, 2.24) is 58.4 Å². The summed E-state index contributed by atoms with van der Waals surface area (Å²) in [5.74, 6) is 11.2. The predicted molar refractivity (Wildman–Crippen MR) is 534 cm³/mol. The summed E-state index contributed by atoms with van der Waals surface area (Å²) in [7, 11) is 18.4. The van der Waals surface area contributed by atoms with E-state index < -0.39 is 5.97 Å². The van der Waals surface area contributed by atoms with Crippen molar-refractivity contribution in [2.45, 2.75) is 6.92 Å². The first kappa shape index (κ1) is 97.3. The number of carbonyl (C=O) groups is 1. The van der Waals surface area contributed by atoms with Crippen LogP contribution in [0.25, 0.3) is 135 Å². The standard InChI is InChI=1S/4C24H18ClN3O5S.C2H4O2/c4*1-30-18-10-14(11-19(31-2)21(18)32-3)22-26-24-28(27-22)23(29)20(34-24)12-16-8-9-17(33-16)13-4-6-15(25)7-5-13;1-2(3)4/h4*4-12H,1-3H3;1H3,(H,3,4)/b4*20-12-;. The minimum Gasteiger partial charge on any atom is -0.493 e. The van der Waals surface area contributed by atoms with Gasteiger partial charge in [0, 0.05) is 95.8 Å². The fourth-order valence-electron chi connectivity index (χ4n) is 14.0. The number of ether oxygens (including phenoxy) is 12. The Labute approximate surface area is 827 Å². The van der Waals surface area contributed by atoms with E-state index in [1.165, 1.54) is 149 Å². The zero-order chi connectivity index (χ0) is 98.9. The van der Waals surface area contributed by atoms with E-state index in [1.54, 1.807) is 146 Å². The predicted octanol–water partition coefficient (Wildman–Crippen LogP) is 17.3. The van der Waals surface area contributed by atoms with Crippen molar-refractivity contribution >= 4 is 142 Å². The lowest BCUT2D eigenvalue weighted by Gasteiger charge is -2.12. The number of nitrogens with zero attached hydrogens (tertiary/aromatic N) is 12. The van der Waals surface area contributed by atoms with Gasteiger partial charge in [-0.05, 0) is 194 Å². The molecule has 0 radical (unpaired) electrons. The molecule has 0 saturated heterocycles. The van der Waals surface area contributed by atoms with Crippen molar-refractivity contribution in [2.75, 3.05) is 85.3 Å². The first-order chi connectivity index (χ1) is 67.7. The van der Waals surface area contributed by atoms with Crippen molar-refractivity contribution in [3.63, 3.8) is 0 Å². The summed E-state index contributed by atoms with van der Waals surface area (Å²) < 4.78 is 95.1. The number of methoxy groups -OCH3 is 12. The molecule has 140 heavy (non-hydrogen) atoms. The van der Waals surface area contributed by atoms with Crippen molar-refractivity contribution in [3.05, 3.63) is 297 Å². The third-order valence-electron chi connectivity index (χ3n) is 20.5. The number of rotatable bonds is 24. The molecule has 0 unspecified atom stereocenters. The quantitative estimate of drug-likeness (QED) is 0.0587. The summed E-state index contributed by atoms with van der Waals surface area (Å²) in [4.78, 5) is 80.8. The Morgan fingerprint density at radius 3 is 0.600 bits per heavy atom. The molecule has 20 rings (SSSR count). The van der Waals surface area contributed by atoms with Crippen molar-refractivity contribution in [1.29, 1.82) is 0 Å². The van der Waals surface area contributed by atoms with Crippen molar-refractivity contribution in [3.8, 4) is 160 Å². The van der Waals surface area contributed by atoms with Crippen LogP contribution in [0.15, 0.2) is 231 Å². The summed E-state index contributed by atoms with van der Waals surface area (Å²) in [5, 5.41) is 27.6. The van der Waals surface area contributed by atoms with Gasteiger partial charge in [-0.25, -0.2) is 0 Å². The van der Waals surface area contributed by atoms with E-state index >= 15 is 0 Å². The van der Waals surface area contributed by atoms with Crippen LogP contribution in [0.5, 0.6) is 69.0 Å². The van der Waals surface area contributed by atoms with E-state index in [9.17, 15) is 19.2 Å². The number of hydrogen-bond donors (Lipinski definition) is 1. The van der Waals surface area contributed by atoms with Crippen LogP contribution in [-0.2, 0) is 4.79 Å². The van der Waals surface area contributed by atoms with Gasteiger partial charge in [-0.15, -0.1) is 20.4 Å².